The summed E-state index contributed by atoms with van der Waals surface area (Å²) < 4.78 is 26.0. The van der Waals surface area contributed by atoms with Crippen molar-refractivity contribution >= 4 is 10.0 Å². The van der Waals surface area contributed by atoms with E-state index in [1.165, 1.54) is 0 Å². The minimum absolute atomic E-state index is 0.152. The Morgan fingerprint density at radius 3 is 2.38 bits per heavy atom. The van der Waals surface area contributed by atoms with Crippen molar-refractivity contribution in [2.75, 3.05) is 13.6 Å². The Morgan fingerprint density at radius 2 is 2.00 bits per heavy atom. The summed E-state index contributed by atoms with van der Waals surface area (Å²) in [4.78, 5) is 0. The number of nitrogens with one attached hydrogen (secondary N) is 2. The lowest BCUT2D eigenvalue weighted by molar-refractivity contribution is 0.542. The lowest BCUT2D eigenvalue weighted by atomic mass is 10.4. The monoisotopic (exact) mass is 206 g/mol. The molecule has 0 radical (unpaired) electrons. The van der Waals surface area contributed by atoms with Crippen LogP contribution in [0.4, 0.5) is 0 Å². The molecule has 5 heteroatoms. The number of sulfonamides is 1. The Kier molecular flexibility index (Phi) is 2.99. The Balaban J connectivity index is 2.54. The molecule has 0 aromatic carbocycles. The first-order chi connectivity index (χ1) is 5.90. The number of hydrogen-bond donors (Lipinski definition) is 2. The molecule has 2 N–H and O–H groups in total. The zero-order valence-electron chi connectivity index (χ0n) is 8.42. The highest BCUT2D eigenvalue weighted by Gasteiger charge is 2.41. The van der Waals surface area contributed by atoms with E-state index in [0.717, 1.165) is 12.8 Å². The van der Waals surface area contributed by atoms with Crippen molar-refractivity contribution in [3.8, 4) is 0 Å². The van der Waals surface area contributed by atoms with Crippen LogP contribution in [0, 0.1) is 0 Å². The maximum atomic E-state index is 11.6. The minimum atomic E-state index is -3.13. The summed E-state index contributed by atoms with van der Waals surface area (Å²) in [5, 5.41) is 2.49. The van der Waals surface area contributed by atoms with Gasteiger partial charge in [-0.25, -0.2) is 13.1 Å². The molecule has 0 amide bonds. The molecule has 0 heterocycles. The van der Waals surface area contributed by atoms with Crippen LogP contribution < -0.4 is 10.0 Å². The van der Waals surface area contributed by atoms with Crippen LogP contribution in [-0.2, 0) is 10.0 Å². The number of rotatable bonds is 5. The molecule has 0 aromatic rings. The van der Waals surface area contributed by atoms with Gasteiger partial charge < -0.3 is 5.32 Å². The summed E-state index contributed by atoms with van der Waals surface area (Å²) in [6, 6.07) is 0. The van der Waals surface area contributed by atoms with Crippen LogP contribution in [0.15, 0.2) is 0 Å². The molecular weight excluding hydrogens is 188 g/mol. The standard InChI is InChI=1S/C8H18N2O2S/c1-7(6-9-3)13(11,12)10-8(2)4-5-8/h7,9-10H,4-6H2,1-3H3. The third-order valence-electron chi connectivity index (χ3n) is 2.41. The highest BCUT2D eigenvalue weighted by molar-refractivity contribution is 7.90. The summed E-state index contributed by atoms with van der Waals surface area (Å²) in [6.45, 7) is 4.15. The van der Waals surface area contributed by atoms with Crippen LogP contribution >= 0.6 is 0 Å². The normalized spacial score (nSPS) is 22.7. The van der Waals surface area contributed by atoms with E-state index >= 15 is 0 Å². The van der Waals surface area contributed by atoms with Crippen LogP contribution in [0.25, 0.3) is 0 Å². The van der Waals surface area contributed by atoms with Gasteiger partial charge in [0.15, 0.2) is 0 Å². The molecule has 1 aliphatic rings. The molecule has 0 aliphatic heterocycles. The summed E-state index contributed by atoms with van der Waals surface area (Å²) in [5.41, 5.74) is -0.152. The smallest absolute Gasteiger partial charge is 0.215 e. The molecule has 4 nitrogen and oxygen atoms in total. The zero-order valence-corrected chi connectivity index (χ0v) is 9.24. The molecule has 1 rings (SSSR count). The van der Waals surface area contributed by atoms with Crippen molar-refractivity contribution in [3.63, 3.8) is 0 Å². The van der Waals surface area contributed by atoms with Crippen molar-refractivity contribution in [1.82, 2.24) is 10.0 Å². The summed E-state index contributed by atoms with van der Waals surface area (Å²) in [5.74, 6) is 0. The molecule has 0 aromatic heterocycles. The first-order valence-corrected chi connectivity index (χ1v) is 6.12. The van der Waals surface area contributed by atoms with Crippen LogP contribution in [0.2, 0.25) is 0 Å². The first kappa shape index (κ1) is 10.9. The van der Waals surface area contributed by atoms with Crippen LogP contribution in [0.1, 0.15) is 26.7 Å². The molecule has 78 valence electrons. The van der Waals surface area contributed by atoms with Gasteiger partial charge in [-0.2, -0.15) is 0 Å². The maximum absolute atomic E-state index is 11.6. The van der Waals surface area contributed by atoms with Gasteiger partial charge in [-0.05, 0) is 33.7 Å². The Labute approximate surface area is 80.1 Å². The molecular formula is C8H18N2O2S. The second-order valence-electron chi connectivity index (χ2n) is 4.08. The lowest BCUT2D eigenvalue weighted by Gasteiger charge is -2.17. The summed E-state index contributed by atoms with van der Waals surface area (Å²) in [6.07, 6.45) is 1.91. The average Bonchev–Trinajstić information content (AvgIpc) is 2.67. The quantitative estimate of drug-likeness (QED) is 0.669. The highest BCUT2D eigenvalue weighted by atomic mass is 32.2. The van der Waals surface area contributed by atoms with Crippen molar-refractivity contribution in [2.45, 2.75) is 37.5 Å². The summed E-state index contributed by atoms with van der Waals surface area (Å²) in [7, 11) is -1.38. The molecule has 1 atom stereocenters. The molecule has 1 saturated carbocycles. The number of hydrogen-bond acceptors (Lipinski definition) is 3. The van der Waals surface area contributed by atoms with Gasteiger partial charge in [0.2, 0.25) is 10.0 Å². The van der Waals surface area contributed by atoms with Crippen molar-refractivity contribution < 1.29 is 8.42 Å². The van der Waals surface area contributed by atoms with E-state index in [4.69, 9.17) is 0 Å². The molecule has 13 heavy (non-hydrogen) atoms. The fourth-order valence-corrected chi connectivity index (χ4v) is 2.61. The SMILES string of the molecule is CNCC(C)S(=O)(=O)NC1(C)CC1. The van der Waals surface area contributed by atoms with Gasteiger partial charge in [0.25, 0.3) is 0 Å². The van der Waals surface area contributed by atoms with E-state index in [1.807, 2.05) is 6.92 Å². The topological polar surface area (TPSA) is 58.2 Å². The fraction of sp³-hybridized carbons (Fsp3) is 1.00. The van der Waals surface area contributed by atoms with Gasteiger partial charge >= 0.3 is 0 Å². The van der Waals surface area contributed by atoms with Crippen LogP contribution in [0.3, 0.4) is 0 Å². The molecule has 0 saturated heterocycles. The molecule has 1 unspecified atom stereocenters. The van der Waals surface area contributed by atoms with Crippen LogP contribution in [-0.4, -0.2) is 32.8 Å². The third-order valence-corrected chi connectivity index (χ3v) is 4.41. The Hall–Kier alpha value is -0.130. The van der Waals surface area contributed by atoms with E-state index in [1.54, 1.807) is 14.0 Å². The van der Waals surface area contributed by atoms with Crippen LogP contribution in [0.5, 0.6) is 0 Å². The minimum Gasteiger partial charge on any atom is -0.318 e. The van der Waals surface area contributed by atoms with E-state index < -0.39 is 10.0 Å². The fourth-order valence-electron chi connectivity index (χ4n) is 1.13. The predicted molar refractivity (Wildman–Crippen MR) is 53.1 cm³/mol. The molecule has 0 spiro atoms. The third kappa shape index (κ3) is 2.93. The zero-order chi connectivity index (χ0) is 10.1. The van der Waals surface area contributed by atoms with Crippen molar-refractivity contribution in [3.05, 3.63) is 0 Å². The van der Waals surface area contributed by atoms with E-state index in [-0.39, 0.29) is 10.8 Å². The molecule has 1 aliphatic carbocycles. The van der Waals surface area contributed by atoms with Gasteiger partial charge in [-0.15, -0.1) is 0 Å². The largest absolute Gasteiger partial charge is 0.318 e. The first-order valence-electron chi connectivity index (χ1n) is 4.57. The van der Waals surface area contributed by atoms with E-state index in [2.05, 4.69) is 10.0 Å². The Morgan fingerprint density at radius 1 is 1.46 bits per heavy atom. The highest BCUT2D eigenvalue weighted by Crippen LogP contribution is 2.35. The predicted octanol–water partition coefficient (Wildman–Crippen LogP) is 0.0662. The lowest BCUT2D eigenvalue weighted by Crippen LogP contribution is -2.43. The average molecular weight is 206 g/mol. The van der Waals surface area contributed by atoms with Gasteiger partial charge in [0, 0.05) is 12.1 Å². The molecule has 0 bridgehead atoms. The second-order valence-corrected chi connectivity index (χ2v) is 6.17. The maximum Gasteiger partial charge on any atom is 0.215 e. The molecule has 1 fully saturated rings. The van der Waals surface area contributed by atoms with Gasteiger partial charge in [-0.1, -0.05) is 0 Å². The summed E-state index contributed by atoms with van der Waals surface area (Å²) >= 11 is 0. The van der Waals surface area contributed by atoms with Crippen molar-refractivity contribution in [1.29, 1.82) is 0 Å². The van der Waals surface area contributed by atoms with Gasteiger partial charge in [0.05, 0.1) is 5.25 Å². The van der Waals surface area contributed by atoms with E-state index in [0.29, 0.717) is 6.54 Å². The Bertz CT molecular complexity index is 270. The van der Waals surface area contributed by atoms with Gasteiger partial charge in [-0.3, -0.25) is 0 Å². The van der Waals surface area contributed by atoms with E-state index in [9.17, 15) is 8.42 Å². The van der Waals surface area contributed by atoms with Crippen molar-refractivity contribution in [2.24, 2.45) is 0 Å². The van der Waals surface area contributed by atoms with Gasteiger partial charge in [0.1, 0.15) is 0 Å². The second kappa shape index (κ2) is 3.55.